The van der Waals surface area contributed by atoms with Crippen LogP contribution in [0.15, 0.2) is 36.8 Å². The van der Waals surface area contributed by atoms with Crippen molar-refractivity contribution < 1.29 is 83.7 Å². The molecule has 7 amide bonds. The number of nitrogens with two attached hydrogens (primary N) is 1. The van der Waals surface area contributed by atoms with E-state index in [9.17, 15) is 83.7 Å². The van der Waals surface area contributed by atoms with E-state index in [1.807, 2.05) is 0 Å². The van der Waals surface area contributed by atoms with Gasteiger partial charge in [0.05, 0.1) is 31.6 Å². The van der Waals surface area contributed by atoms with Crippen LogP contribution in [0.2, 0.25) is 0 Å². The van der Waals surface area contributed by atoms with Gasteiger partial charge in [0.1, 0.15) is 54.1 Å². The molecule has 2 rings (SSSR count). The molecule has 1 aromatic heterocycles. The molecule has 0 saturated carbocycles. The molecule has 17 N–H and O–H groups in total. The molecule has 0 aliphatic carbocycles. The van der Waals surface area contributed by atoms with Crippen LogP contribution in [-0.2, 0) is 60.8 Å². The van der Waals surface area contributed by atoms with E-state index < -0.39 is 152 Å². The van der Waals surface area contributed by atoms with Crippen molar-refractivity contribution in [1.82, 2.24) is 47.2 Å². The fourth-order valence-corrected chi connectivity index (χ4v) is 6.01. The van der Waals surface area contributed by atoms with Crippen molar-refractivity contribution in [2.75, 3.05) is 6.61 Å². The number of hydrogen-bond acceptors (Lipinski definition) is 16. The number of aliphatic hydroxyl groups is 3. The summed E-state index contributed by atoms with van der Waals surface area (Å²) in [6.07, 6.45) is -3.54. The summed E-state index contributed by atoms with van der Waals surface area (Å²) in [5.74, 6) is -13.6. The molecule has 1 aromatic carbocycles. The van der Waals surface area contributed by atoms with E-state index in [1.165, 1.54) is 57.6 Å². The summed E-state index contributed by atoms with van der Waals surface area (Å²) in [4.78, 5) is 135. The van der Waals surface area contributed by atoms with Gasteiger partial charge >= 0.3 is 17.9 Å². The van der Waals surface area contributed by atoms with Crippen LogP contribution in [0.5, 0.6) is 5.75 Å². The second kappa shape index (κ2) is 26.7. The Morgan fingerprint density at radius 1 is 0.612 bits per heavy atom. The van der Waals surface area contributed by atoms with Crippen molar-refractivity contribution in [2.24, 2.45) is 11.7 Å². The van der Waals surface area contributed by atoms with E-state index in [2.05, 4.69) is 47.2 Å². The lowest BCUT2D eigenvalue weighted by atomic mass is 10.0. The zero-order valence-electron chi connectivity index (χ0n) is 36.8. The Balaban J connectivity index is 2.29. The zero-order chi connectivity index (χ0) is 50.7. The van der Waals surface area contributed by atoms with Gasteiger partial charge in [-0.05, 0) is 43.9 Å². The summed E-state index contributed by atoms with van der Waals surface area (Å²) in [5.41, 5.74) is 6.47. The first-order valence-electron chi connectivity index (χ1n) is 20.6. The number of aromatic hydroxyl groups is 1. The van der Waals surface area contributed by atoms with Crippen LogP contribution < -0.4 is 43.0 Å². The quantitative estimate of drug-likeness (QED) is 0.0378. The molecule has 1 heterocycles. The SMILES string of the molecule is CC(C)C(NC(=O)C(Cc1cnc[nH]1)NC(=O)C(N)C(C)O)C(=O)NC(CC(=O)O)C(=O)NC(C(=O)NC(CCC(=O)O)C(=O)NC(CO)C(=O)NC(Cc1ccc(O)cc1)C(=O)O)C(C)O. The predicted molar refractivity (Wildman–Crippen MR) is 228 cm³/mol. The summed E-state index contributed by atoms with van der Waals surface area (Å²) in [6.45, 7) is 4.09. The van der Waals surface area contributed by atoms with Gasteiger partial charge in [0.15, 0.2) is 0 Å². The van der Waals surface area contributed by atoms with Crippen molar-refractivity contribution >= 4 is 59.3 Å². The highest BCUT2D eigenvalue weighted by atomic mass is 16.4. The third-order valence-corrected chi connectivity index (χ3v) is 9.84. The Morgan fingerprint density at radius 2 is 1.12 bits per heavy atom. The smallest absolute Gasteiger partial charge is 0.326 e. The first kappa shape index (κ1) is 55.9. The van der Waals surface area contributed by atoms with Gasteiger partial charge in [-0.15, -0.1) is 0 Å². The molecule has 10 unspecified atom stereocenters. The molecule has 10 atom stereocenters. The number of aromatic nitrogens is 2. The minimum absolute atomic E-state index is 0.111. The first-order valence-corrected chi connectivity index (χ1v) is 20.6. The number of aliphatic carboxylic acids is 3. The lowest BCUT2D eigenvalue weighted by molar-refractivity contribution is -0.143. The summed E-state index contributed by atoms with van der Waals surface area (Å²) in [7, 11) is 0. The Kier molecular flexibility index (Phi) is 22.2. The number of carboxylic acids is 3. The number of rotatable bonds is 28. The number of phenolic OH excluding ortho intramolecular Hbond substituents is 1. The van der Waals surface area contributed by atoms with Gasteiger partial charge in [-0.3, -0.25) is 43.2 Å². The van der Waals surface area contributed by atoms with Gasteiger partial charge in [-0.25, -0.2) is 9.78 Å². The van der Waals surface area contributed by atoms with Crippen LogP contribution >= 0.6 is 0 Å². The molecule has 0 radical (unpaired) electrons. The molecule has 0 fully saturated rings. The normalized spacial score (nSPS) is 15.6. The number of H-pyrrole nitrogens is 1. The van der Waals surface area contributed by atoms with Gasteiger partial charge in [0.25, 0.3) is 0 Å². The highest BCUT2D eigenvalue weighted by Crippen LogP contribution is 2.13. The van der Waals surface area contributed by atoms with E-state index in [1.54, 1.807) is 0 Å². The van der Waals surface area contributed by atoms with E-state index in [-0.39, 0.29) is 18.6 Å². The minimum atomic E-state index is -2.03. The molecule has 0 spiro atoms. The topological polar surface area (TPSA) is 451 Å². The molecular formula is C40H58N10O17. The average molecular weight is 951 g/mol. The summed E-state index contributed by atoms with van der Waals surface area (Å²) in [6, 6.07) is -8.38. The number of imidazole rings is 1. The van der Waals surface area contributed by atoms with Gasteiger partial charge < -0.3 is 83.7 Å². The first-order chi connectivity index (χ1) is 31.3. The average Bonchev–Trinajstić information content (AvgIpc) is 3.77. The number of carbonyl (C=O) groups is 10. The summed E-state index contributed by atoms with van der Waals surface area (Å²) >= 11 is 0. The Bertz CT molecular complexity index is 2050. The molecule has 370 valence electrons. The molecule has 27 nitrogen and oxygen atoms in total. The van der Waals surface area contributed by atoms with E-state index in [0.717, 1.165) is 6.92 Å². The molecule has 0 aliphatic rings. The monoisotopic (exact) mass is 950 g/mol. The van der Waals surface area contributed by atoms with Crippen LogP contribution in [0, 0.1) is 5.92 Å². The van der Waals surface area contributed by atoms with E-state index in [4.69, 9.17) is 5.73 Å². The number of carbonyl (C=O) groups excluding carboxylic acids is 7. The molecule has 27 heteroatoms. The predicted octanol–water partition coefficient (Wildman–Crippen LogP) is -5.54. The molecule has 67 heavy (non-hydrogen) atoms. The maximum atomic E-state index is 13.7. The summed E-state index contributed by atoms with van der Waals surface area (Å²) < 4.78 is 0. The summed E-state index contributed by atoms with van der Waals surface area (Å²) in [5, 5.41) is 83.9. The second-order valence-electron chi connectivity index (χ2n) is 15.7. The lowest BCUT2D eigenvalue weighted by Crippen LogP contribution is -2.62. The van der Waals surface area contributed by atoms with Gasteiger partial charge in [-0.2, -0.15) is 0 Å². The van der Waals surface area contributed by atoms with Crippen LogP contribution in [0.4, 0.5) is 0 Å². The van der Waals surface area contributed by atoms with Crippen molar-refractivity contribution in [3.8, 4) is 5.75 Å². The molecule has 0 bridgehead atoms. The fourth-order valence-electron chi connectivity index (χ4n) is 6.01. The van der Waals surface area contributed by atoms with Crippen LogP contribution in [-0.4, -0.2) is 172 Å². The van der Waals surface area contributed by atoms with Crippen molar-refractivity contribution in [3.05, 3.63) is 48.0 Å². The molecule has 2 aromatic rings. The van der Waals surface area contributed by atoms with E-state index >= 15 is 0 Å². The standard InChI is InChI=1S/C40H58N10O17/c1-17(2)31(49-34(60)24(12-21-14-42-16-43-21)45-37(63)30(41)18(3)52)38(64)46-25(13-29(57)58)35(61)50-32(19(4)53)39(65)44-23(9-10-28(55)56)33(59)48-27(15-51)36(62)47-26(40(66)67)11-20-5-7-22(54)8-6-20/h5-8,14,16-19,23-27,30-32,51-54H,9-13,15,41H2,1-4H3,(H,42,43)(H,44,65)(H,45,63)(H,46,64)(H,47,62)(H,48,59)(H,49,60)(H,50,61)(H,55,56)(H,57,58)(H,66,67). The third kappa shape index (κ3) is 18.7. The highest BCUT2D eigenvalue weighted by Gasteiger charge is 2.37. The Labute approximate surface area is 382 Å². The maximum absolute atomic E-state index is 13.7. The van der Waals surface area contributed by atoms with Crippen molar-refractivity contribution in [3.63, 3.8) is 0 Å². The van der Waals surface area contributed by atoms with Gasteiger partial charge in [-0.1, -0.05) is 26.0 Å². The number of aliphatic hydroxyl groups excluding tert-OH is 3. The maximum Gasteiger partial charge on any atom is 0.326 e. The number of nitrogens with one attached hydrogen (secondary N) is 8. The van der Waals surface area contributed by atoms with E-state index in [0.29, 0.717) is 11.3 Å². The largest absolute Gasteiger partial charge is 0.508 e. The molecule has 0 saturated heterocycles. The van der Waals surface area contributed by atoms with Crippen molar-refractivity contribution in [1.29, 1.82) is 0 Å². The van der Waals surface area contributed by atoms with Crippen molar-refractivity contribution in [2.45, 2.75) is 120 Å². The van der Waals surface area contributed by atoms with Crippen LogP contribution in [0.25, 0.3) is 0 Å². The second-order valence-corrected chi connectivity index (χ2v) is 15.7. The number of phenols is 1. The number of nitrogens with zero attached hydrogens (tertiary/aromatic N) is 1. The lowest BCUT2D eigenvalue weighted by Gasteiger charge is -2.29. The minimum Gasteiger partial charge on any atom is -0.508 e. The van der Waals surface area contributed by atoms with Crippen LogP contribution in [0.1, 0.15) is 58.2 Å². The Morgan fingerprint density at radius 3 is 1.63 bits per heavy atom. The van der Waals surface area contributed by atoms with Gasteiger partial charge in [0, 0.05) is 31.2 Å². The Hall–Kier alpha value is -7.23. The van der Waals surface area contributed by atoms with Crippen LogP contribution in [0.3, 0.4) is 0 Å². The number of aromatic amines is 1. The number of benzene rings is 1. The van der Waals surface area contributed by atoms with Gasteiger partial charge in [0.2, 0.25) is 41.4 Å². The zero-order valence-corrected chi connectivity index (χ0v) is 36.8. The third-order valence-electron chi connectivity index (χ3n) is 9.84. The fraction of sp³-hybridized carbons (Fsp3) is 0.525. The number of hydrogen-bond donors (Lipinski definition) is 16. The number of amides is 7. The number of carboxylic acid groups (broad SMARTS) is 3. The molecule has 0 aliphatic heterocycles. The molecular weight excluding hydrogens is 892 g/mol. The highest BCUT2D eigenvalue weighted by molar-refractivity contribution is 5.98.